The van der Waals surface area contributed by atoms with Crippen molar-refractivity contribution in [2.45, 2.75) is 24.9 Å². The smallest absolute Gasteiger partial charge is 0.270 e. The molecule has 0 aliphatic rings. The molecule has 1 aromatic heterocycles. The molecule has 0 saturated heterocycles. The lowest BCUT2D eigenvalue weighted by Crippen LogP contribution is -2.24. The third kappa shape index (κ3) is 4.57. The van der Waals surface area contributed by atoms with Gasteiger partial charge in [0.05, 0.1) is 16.1 Å². The molecule has 0 fully saturated rings. The molecule has 2 aromatic carbocycles. The topological polar surface area (TPSA) is 107 Å². The van der Waals surface area contributed by atoms with Gasteiger partial charge in [0.25, 0.3) is 5.69 Å². The van der Waals surface area contributed by atoms with E-state index in [2.05, 4.69) is 9.71 Å². The van der Waals surface area contributed by atoms with Gasteiger partial charge >= 0.3 is 0 Å². The van der Waals surface area contributed by atoms with Crippen LogP contribution in [-0.2, 0) is 23.1 Å². The van der Waals surface area contributed by atoms with Crippen LogP contribution in [0.5, 0.6) is 0 Å². The molecule has 1 heterocycles. The second-order valence-corrected chi connectivity index (χ2v) is 7.82. The molecule has 0 aliphatic carbocycles. The SMILES string of the molecule is Cc1ccc([N+](=O)[O-])cc1S(=O)(=O)NCc1ccc(Cn2ccnc2)cc1. The third-order valence-corrected chi connectivity index (χ3v) is 5.63. The molecule has 8 nitrogen and oxygen atoms in total. The van der Waals surface area contributed by atoms with E-state index >= 15 is 0 Å². The highest BCUT2D eigenvalue weighted by atomic mass is 32.2. The van der Waals surface area contributed by atoms with E-state index in [9.17, 15) is 18.5 Å². The van der Waals surface area contributed by atoms with Crippen molar-refractivity contribution in [1.29, 1.82) is 0 Å². The third-order valence-electron chi connectivity index (χ3n) is 4.09. The highest BCUT2D eigenvalue weighted by Crippen LogP contribution is 2.21. The Labute approximate surface area is 156 Å². The van der Waals surface area contributed by atoms with Gasteiger partial charge in [-0.2, -0.15) is 0 Å². The van der Waals surface area contributed by atoms with E-state index in [0.717, 1.165) is 17.2 Å². The average molecular weight is 386 g/mol. The maximum Gasteiger partial charge on any atom is 0.270 e. The van der Waals surface area contributed by atoms with Crippen molar-refractivity contribution in [3.05, 3.63) is 88.0 Å². The van der Waals surface area contributed by atoms with Gasteiger partial charge in [-0.15, -0.1) is 0 Å². The molecule has 0 radical (unpaired) electrons. The summed E-state index contributed by atoms with van der Waals surface area (Å²) in [6.45, 7) is 2.37. The molecule has 9 heteroatoms. The summed E-state index contributed by atoms with van der Waals surface area (Å²) in [5.41, 5.74) is 2.04. The molecular formula is C18H18N4O4S. The summed E-state index contributed by atoms with van der Waals surface area (Å²) in [6, 6.07) is 11.3. The molecule has 3 aromatic rings. The van der Waals surface area contributed by atoms with Gasteiger partial charge in [0.2, 0.25) is 10.0 Å². The van der Waals surface area contributed by atoms with Crippen LogP contribution in [0.3, 0.4) is 0 Å². The molecular weight excluding hydrogens is 368 g/mol. The van der Waals surface area contributed by atoms with Gasteiger partial charge in [0.15, 0.2) is 0 Å². The Morgan fingerprint density at radius 3 is 2.48 bits per heavy atom. The number of nitro groups is 1. The van der Waals surface area contributed by atoms with Gasteiger partial charge in [0, 0.05) is 37.6 Å². The normalized spacial score (nSPS) is 11.4. The molecule has 3 rings (SSSR count). The molecule has 0 spiro atoms. The highest BCUT2D eigenvalue weighted by molar-refractivity contribution is 7.89. The number of nitrogens with one attached hydrogen (secondary N) is 1. The highest BCUT2D eigenvalue weighted by Gasteiger charge is 2.20. The van der Waals surface area contributed by atoms with E-state index in [1.165, 1.54) is 12.1 Å². The lowest BCUT2D eigenvalue weighted by atomic mass is 10.1. The summed E-state index contributed by atoms with van der Waals surface area (Å²) in [4.78, 5) is 14.2. The van der Waals surface area contributed by atoms with Crippen LogP contribution in [0.15, 0.2) is 66.1 Å². The molecule has 1 N–H and O–H groups in total. The number of hydrogen-bond donors (Lipinski definition) is 1. The van der Waals surface area contributed by atoms with Crippen molar-refractivity contribution in [2.24, 2.45) is 0 Å². The predicted octanol–water partition coefficient (Wildman–Crippen LogP) is 2.63. The van der Waals surface area contributed by atoms with Crippen molar-refractivity contribution in [2.75, 3.05) is 0 Å². The minimum Gasteiger partial charge on any atom is -0.333 e. The van der Waals surface area contributed by atoms with Crippen LogP contribution in [-0.4, -0.2) is 22.9 Å². The maximum atomic E-state index is 12.5. The van der Waals surface area contributed by atoms with Gasteiger partial charge in [-0.3, -0.25) is 10.1 Å². The number of benzene rings is 2. The molecule has 0 aliphatic heterocycles. The molecule has 0 atom stereocenters. The van der Waals surface area contributed by atoms with E-state index in [0.29, 0.717) is 12.1 Å². The first kappa shape index (κ1) is 18.7. The molecule has 0 saturated carbocycles. The fourth-order valence-corrected chi connectivity index (χ4v) is 3.88. The minimum atomic E-state index is -3.86. The van der Waals surface area contributed by atoms with Crippen LogP contribution in [0.25, 0.3) is 0 Å². The zero-order chi connectivity index (χ0) is 19.4. The van der Waals surface area contributed by atoms with E-state index < -0.39 is 14.9 Å². The lowest BCUT2D eigenvalue weighted by Gasteiger charge is -2.10. The molecule has 27 heavy (non-hydrogen) atoms. The average Bonchev–Trinajstić information content (AvgIpc) is 3.14. The van der Waals surface area contributed by atoms with Crippen molar-refractivity contribution < 1.29 is 13.3 Å². The number of aryl methyl sites for hydroxylation is 1. The number of imidazole rings is 1. The maximum absolute atomic E-state index is 12.5. The quantitative estimate of drug-likeness (QED) is 0.496. The summed E-state index contributed by atoms with van der Waals surface area (Å²) in [5.74, 6) is 0. The monoisotopic (exact) mass is 386 g/mol. The second kappa shape index (κ2) is 7.68. The minimum absolute atomic E-state index is 0.0894. The number of rotatable bonds is 7. The van der Waals surface area contributed by atoms with E-state index in [1.807, 2.05) is 35.0 Å². The Morgan fingerprint density at radius 1 is 1.15 bits per heavy atom. The van der Waals surface area contributed by atoms with Gasteiger partial charge in [-0.25, -0.2) is 18.1 Å². The van der Waals surface area contributed by atoms with Gasteiger partial charge in [-0.05, 0) is 23.6 Å². The summed E-state index contributed by atoms with van der Waals surface area (Å²) >= 11 is 0. The Morgan fingerprint density at radius 2 is 1.85 bits per heavy atom. The molecule has 0 bridgehead atoms. The fourth-order valence-electron chi connectivity index (χ4n) is 2.60. The van der Waals surface area contributed by atoms with Gasteiger partial charge in [0.1, 0.15) is 0 Å². The summed E-state index contributed by atoms with van der Waals surface area (Å²) in [6.07, 6.45) is 5.30. The van der Waals surface area contributed by atoms with Crippen molar-refractivity contribution in [3.8, 4) is 0 Å². The fraction of sp³-hybridized carbons (Fsp3) is 0.167. The number of non-ortho nitro benzene ring substituents is 1. The first-order valence-corrected chi connectivity index (χ1v) is 9.62. The molecule has 0 unspecified atom stereocenters. The summed E-state index contributed by atoms with van der Waals surface area (Å²) < 4.78 is 29.5. The first-order chi connectivity index (χ1) is 12.8. The Balaban J connectivity index is 1.70. The van der Waals surface area contributed by atoms with Gasteiger partial charge < -0.3 is 4.57 Å². The zero-order valence-electron chi connectivity index (χ0n) is 14.6. The number of sulfonamides is 1. The van der Waals surface area contributed by atoms with Crippen LogP contribution in [0.4, 0.5) is 5.69 Å². The first-order valence-electron chi connectivity index (χ1n) is 8.13. The van der Waals surface area contributed by atoms with Crippen LogP contribution >= 0.6 is 0 Å². The molecule has 140 valence electrons. The van der Waals surface area contributed by atoms with E-state index in [4.69, 9.17) is 0 Å². The van der Waals surface area contributed by atoms with Crippen LogP contribution in [0, 0.1) is 17.0 Å². The van der Waals surface area contributed by atoms with Crippen LogP contribution in [0.2, 0.25) is 0 Å². The zero-order valence-corrected chi connectivity index (χ0v) is 15.4. The van der Waals surface area contributed by atoms with Crippen molar-refractivity contribution >= 4 is 15.7 Å². The Bertz CT molecular complexity index is 1050. The largest absolute Gasteiger partial charge is 0.333 e. The molecule has 0 amide bonds. The lowest BCUT2D eigenvalue weighted by molar-refractivity contribution is -0.385. The van der Waals surface area contributed by atoms with Gasteiger partial charge in [-0.1, -0.05) is 30.3 Å². The van der Waals surface area contributed by atoms with Crippen molar-refractivity contribution in [3.63, 3.8) is 0 Å². The predicted molar refractivity (Wildman–Crippen MR) is 99.6 cm³/mol. The number of hydrogen-bond acceptors (Lipinski definition) is 5. The standard InChI is InChI=1S/C18H18N4O4S/c1-14-2-7-17(22(23)24)10-18(14)27(25,26)20-11-15-3-5-16(6-4-15)12-21-9-8-19-13-21/h2-10,13,20H,11-12H2,1H3. The number of aromatic nitrogens is 2. The van der Waals surface area contributed by atoms with Crippen LogP contribution in [0.1, 0.15) is 16.7 Å². The Kier molecular flexibility index (Phi) is 5.33. The number of nitrogens with zero attached hydrogens (tertiary/aromatic N) is 3. The summed E-state index contributed by atoms with van der Waals surface area (Å²) in [7, 11) is -3.86. The number of nitro benzene ring substituents is 1. The van der Waals surface area contributed by atoms with E-state index in [-0.39, 0.29) is 17.1 Å². The van der Waals surface area contributed by atoms with Crippen LogP contribution < -0.4 is 4.72 Å². The van der Waals surface area contributed by atoms with Crippen molar-refractivity contribution in [1.82, 2.24) is 14.3 Å². The van der Waals surface area contributed by atoms with E-state index in [1.54, 1.807) is 19.4 Å². The summed E-state index contributed by atoms with van der Waals surface area (Å²) in [5, 5.41) is 10.9. The second-order valence-electron chi connectivity index (χ2n) is 6.08. The Hall–Kier alpha value is -3.04.